The molecule has 1 N–H and O–H groups in total. The van der Waals surface area contributed by atoms with E-state index in [1.165, 1.54) is 0 Å². The molecule has 0 aromatic heterocycles. The molecule has 1 aliphatic heterocycles. The van der Waals surface area contributed by atoms with Crippen LogP contribution >= 0.6 is 0 Å². The van der Waals surface area contributed by atoms with Gasteiger partial charge in [0.05, 0.1) is 0 Å². The minimum absolute atomic E-state index is 0.178. The average molecular weight is 324 g/mol. The molecule has 1 saturated heterocycles. The Labute approximate surface area is 139 Å². The number of rotatable bonds is 5. The number of imide groups is 1. The van der Waals surface area contributed by atoms with Crippen molar-refractivity contribution < 1.29 is 19.1 Å². The second kappa shape index (κ2) is 6.95. The minimum atomic E-state index is -0.407. The summed E-state index contributed by atoms with van der Waals surface area (Å²) in [6, 6.07) is 16.2. The van der Waals surface area contributed by atoms with Gasteiger partial charge >= 0.3 is 0 Å². The molecule has 0 saturated carbocycles. The molecule has 1 fully saturated rings. The predicted octanol–water partition coefficient (Wildman–Crippen LogP) is 2.57. The van der Waals surface area contributed by atoms with E-state index in [1.54, 1.807) is 24.3 Å². The summed E-state index contributed by atoms with van der Waals surface area (Å²) in [5, 5.41) is 2.66. The summed E-state index contributed by atoms with van der Waals surface area (Å²) in [6.45, 7) is -0.250. The van der Waals surface area contributed by atoms with E-state index >= 15 is 0 Å². The predicted molar refractivity (Wildman–Crippen MR) is 87.5 cm³/mol. The van der Waals surface area contributed by atoms with E-state index in [1.807, 2.05) is 30.3 Å². The fourth-order valence-electron chi connectivity index (χ4n) is 2.37. The number of hydrogen-bond donors (Lipinski definition) is 1. The Hall–Kier alpha value is -3.15. The lowest BCUT2D eigenvalue weighted by molar-refractivity contribution is -0.141. The minimum Gasteiger partial charge on any atom is -0.457 e. The van der Waals surface area contributed by atoms with Gasteiger partial charge in [0.1, 0.15) is 18.0 Å². The number of anilines is 1. The molecule has 0 aliphatic carbocycles. The van der Waals surface area contributed by atoms with Crippen LogP contribution < -0.4 is 10.1 Å². The normalized spacial score (nSPS) is 13.9. The highest BCUT2D eigenvalue weighted by molar-refractivity contribution is 6.06. The molecular formula is C18H16N2O4. The van der Waals surface area contributed by atoms with Crippen LogP contribution in [-0.4, -0.2) is 29.2 Å². The van der Waals surface area contributed by atoms with Gasteiger partial charge < -0.3 is 10.1 Å². The fourth-order valence-corrected chi connectivity index (χ4v) is 2.37. The Bertz CT molecular complexity index is 740. The summed E-state index contributed by atoms with van der Waals surface area (Å²) in [5.74, 6) is 0.350. The first-order valence-corrected chi connectivity index (χ1v) is 7.58. The number of nitrogens with one attached hydrogen (secondary N) is 1. The third-order valence-electron chi connectivity index (χ3n) is 3.57. The van der Waals surface area contributed by atoms with E-state index in [0.29, 0.717) is 11.4 Å². The van der Waals surface area contributed by atoms with Crippen molar-refractivity contribution >= 4 is 23.4 Å². The van der Waals surface area contributed by atoms with E-state index in [2.05, 4.69) is 5.32 Å². The number of nitrogens with zero attached hydrogens (tertiary/aromatic N) is 1. The van der Waals surface area contributed by atoms with Crippen LogP contribution in [0.2, 0.25) is 0 Å². The van der Waals surface area contributed by atoms with Gasteiger partial charge in [-0.25, -0.2) is 0 Å². The summed E-state index contributed by atoms with van der Waals surface area (Å²) in [7, 11) is 0. The van der Waals surface area contributed by atoms with Gasteiger partial charge in [-0.1, -0.05) is 18.2 Å². The smallest absolute Gasteiger partial charge is 0.244 e. The summed E-state index contributed by atoms with van der Waals surface area (Å²) in [5.41, 5.74) is 0.569. The maximum Gasteiger partial charge on any atom is 0.244 e. The van der Waals surface area contributed by atoms with Crippen molar-refractivity contribution in [1.29, 1.82) is 0 Å². The molecule has 122 valence electrons. The molecule has 6 heteroatoms. The van der Waals surface area contributed by atoms with E-state index in [4.69, 9.17) is 4.74 Å². The molecule has 0 radical (unpaired) electrons. The SMILES string of the molecule is O=C(CN1C(=O)CCC1=O)Nc1ccc(Oc2ccccc2)cc1. The summed E-state index contributed by atoms with van der Waals surface area (Å²) in [6.07, 6.45) is 0.356. The van der Waals surface area contributed by atoms with Crippen LogP contribution in [0.3, 0.4) is 0 Å². The third-order valence-corrected chi connectivity index (χ3v) is 3.57. The molecule has 3 amide bonds. The maximum atomic E-state index is 11.9. The molecule has 2 aromatic rings. The Kier molecular flexibility index (Phi) is 4.56. The van der Waals surface area contributed by atoms with Gasteiger partial charge in [-0.3, -0.25) is 19.3 Å². The Balaban J connectivity index is 1.57. The molecule has 0 unspecified atom stereocenters. The lowest BCUT2D eigenvalue weighted by Gasteiger charge is -2.13. The van der Waals surface area contributed by atoms with Crippen molar-refractivity contribution in [2.75, 3.05) is 11.9 Å². The van der Waals surface area contributed by atoms with Crippen molar-refractivity contribution in [1.82, 2.24) is 4.90 Å². The van der Waals surface area contributed by atoms with Crippen LogP contribution in [-0.2, 0) is 14.4 Å². The zero-order valence-electron chi connectivity index (χ0n) is 12.9. The van der Waals surface area contributed by atoms with E-state index < -0.39 is 5.91 Å². The van der Waals surface area contributed by atoms with Crippen LogP contribution in [0.25, 0.3) is 0 Å². The number of para-hydroxylation sites is 1. The average Bonchev–Trinajstić information content (AvgIpc) is 2.89. The zero-order chi connectivity index (χ0) is 16.9. The van der Waals surface area contributed by atoms with Gasteiger partial charge in [-0.2, -0.15) is 0 Å². The Morgan fingerprint density at radius 1 is 0.917 bits per heavy atom. The van der Waals surface area contributed by atoms with Crippen LogP contribution in [0.5, 0.6) is 11.5 Å². The monoisotopic (exact) mass is 324 g/mol. The molecule has 6 nitrogen and oxygen atoms in total. The molecule has 0 spiro atoms. The molecule has 1 aliphatic rings. The standard InChI is InChI=1S/C18H16N2O4/c21-16(12-20-17(22)10-11-18(20)23)19-13-6-8-15(9-7-13)24-14-4-2-1-3-5-14/h1-9H,10-12H2,(H,19,21). The number of ether oxygens (including phenoxy) is 1. The quantitative estimate of drug-likeness (QED) is 0.858. The topological polar surface area (TPSA) is 75.7 Å². The third kappa shape index (κ3) is 3.78. The van der Waals surface area contributed by atoms with E-state index in [9.17, 15) is 14.4 Å². The first kappa shape index (κ1) is 15.7. The summed E-state index contributed by atoms with van der Waals surface area (Å²) >= 11 is 0. The first-order valence-electron chi connectivity index (χ1n) is 7.58. The Morgan fingerprint density at radius 3 is 2.12 bits per heavy atom. The van der Waals surface area contributed by atoms with Gasteiger partial charge in [-0.05, 0) is 36.4 Å². The highest BCUT2D eigenvalue weighted by Crippen LogP contribution is 2.22. The van der Waals surface area contributed by atoms with Crippen LogP contribution in [0.4, 0.5) is 5.69 Å². The number of amides is 3. The fraction of sp³-hybridized carbons (Fsp3) is 0.167. The second-order valence-corrected chi connectivity index (χ2v) is 5.36. The lowest BCUT2D eigenvalue weighted by Crippen LogP contribution is -2.36. The van der Waals surface area contributed by atoms with Gasteiger partial charge in [0.25, 0.3) is 0 Å². The lowest BCUT2D eigenvalue weighted by atomic mass is 10.3. The molecule has 24 heavy (non-hydrogen) atoms. The molecule has 2 aromatic carbocycles. The summed E-state index contributed by atoms with van der Waals surface area (Å²) in [4.78, 5) is 35.9. The molecule has 1 heterocycles. The number of carbonyl (C=O) groups excluding carboxylic acids is 3. The number of hydrogen-bond acceptors (Lipinski definition) is 4. The number of carbonyl (C=O) groups is 3. The van der Waals surface area contributed by atoms with E-state index in [0.717, 1.165) is 10.6 Å². The van der Waals surface area contributed by atoms with Crippen molar-refractivity contribution in [2.24, 2.45) is 0 Å². The van der Waals surface area contributed by atoms with Gasteiger partial charge in [0.15, 0.2) is 0 Å². The highest BCUT2D eigenvalue weighted by atomic mass is 16.5. The van der Waals surface area contributed by atoms with Gasteiger partial charge in [-0.15, -0.1) is 0 Å². The zero-order valence-corrected chi connectivity index (χ0v) is 12.9. The first-order chi connectivity index (χ1) is 11.6. The van der Waals surface area contributed by atoms with Crippen LogP contribution in [0.1, 0.15) is 12.8 Å². The van der Waals surface area contributed by atoms with Gasteiger partial charge in [0.2, 0.25) is 17.7 Å². The highest BCUT2D eigenvalue weighted by Gasteiger charge is 2.30. The largest absolute Gasteiger partial charge is 0.457 e. The second-order valence-electron chi connectivity index (χ2n) is 5.36. The van der Waals surface area contributed by atoms with Gasteiger partial charge in [0, 0.05) is 18.5 Å². The van der Waals surface area contributed by atoms with Crippen molar-refractivity contribution in [3.63, 3.8) is 0 Å². The number of benzene rings is 2. The van der Waals surface area contributed by atoms with Crippen molar-refractivity contribution in [3.05, 3.63) is 54.6 Å². The van der Waals surface area contributed by atoms with Crippen LogP contribution in [0, 0.1) is 0 Å². The number of likely N-dealkylation sites (tertiary alicyclic amines) is 1. The molecule has 0 bridgehead atoms. The molecule has 0 atom stereocenters. The van der Waals surface area contributed by atoms with Crippen molar-refractivity contribution in [3.8, 4) is 11.5 Å². The van der Waals surface area contributed by atoms with E-state index in [-0.39, 0.29) is 31.2 Å². The van der Waals surface area contributed by atoms with Crippen LogP contribution in [0.15, 0.2) is 54.6 Å². The molecule has 3 rings (SSSR count). The summed E-state index contributed by atoms with van der Waals surface area (Å²) < 4.78 is 5.66. The Morgan fingerprint density at radius 2 is 1.50 bits per heavy atom. The maximum absolute atomic E-state index is 11.9. The van der Waals surface area contributed by atoms with Crippen molar-refractivity contribution in [2.45, 2.75) is 12.8 Å². The molecular weight excluding hydrogens is 308 g/mol.